The molecular formula is C6H5NNaO5S. The first-order chi connectivity index (χ1) is 5.91. The fourth-order valence-corrected chi connectivity index (χ4v) is 1.20. The minimum atomic E-state index is -4.38. The topological polar surface area (TPSA) is 97.5 Å². The number of nitro benzene ring substituents is 1. The summed E-state index contributed by atoms with van der Waals surface area (Å²) in [4.78, 5) is 8.87. The van der Waals surface area contributed by atoms with Gasteiger partial charge in [0.05, 0.1) is 11.0 Å². The average molecular weight is 226 g/mol. The maximum absolute atomic E-state index is 10.5. The van der Waals surface area contributed by atoms with E-state index in [4.69, 9.17) is 4.55 Å². The van der Waals surface area contributed by atoms with Crippen LogP contribution >= 0.6 is 0 Å². The molecule has 0 aliphatic carbocycles. The number of benzene rings is 1. The second-order valence-corrected chi connectivity index (χ2v) is 3.56. The van der Waals surface area contributed by atoms with Crippen molar-refractivity contribution >= 4 is 45.4 Å². The van der Waals surface area contributed by atoms with E-state index >= 15 is 0 Å². The first-order valence-electron chi connectivity index (χ1n) is 3.05. The predicted octanol–water partition coefficient (Wildman–Crippen LogP) is -0.00681. The second-order valence-electron chi connectivity index (χ2n) is 2.14. The molecule has 8 heteroatoms. The van der Waals surface area contributed by atoms with E-state index in [1.165, 1.54) is 0 Å². The Balaban J connectivity index is 0.00000169. The van der Waals surface area contributed by atoms with Crippen LogP contribution < -0.4 is 0 Å². The van der Waals surface area contributed by atoms with Crippen LogP contribution in [0.25, 0.3) is 0 Å². The van der Waals surface area contributed by atoms with Gasteiger partial charge < -0.3 is 0 Å². The van der Waals surface area contributed by atoms with E-state index in [-0.39, 0.29) is 29.6 Å². The van der Waals surface area contributed by atoms with Crippen molar-refractivity contribution in [3.63, 3.8) is 0 Å². The Kier molecular flexibility index (Phi) is 4.69. The van der Waals surface area contributed by atoms with Crippen LogP contribution in [0.5, 0.6) is 0 Å². The van der Waals surface area contributed by atoms with Crippen LogP contribution in [-0.2, 0) is 10.1 Å². The third-order valence-corrected chi connectivity index (χ3v) is 2.10. The molecule has 0 saturated carbocycles. The Bertz CT molecular complexity index is 443. The number of hydrogen-bond donors (Lipinski definition) is 1. The monoisotopic (exact) mass is 226 g/mol. The molecule has 6 nitrogen and oxygen atoms in total. The summed E-state index contributed by atoms with van der Waals surface area (Å²) >= 11 is 0. The van der Waals surface area contributed by atoms with Crippen LogP contribution in [0.1, 0.15) is 0 Å². The maximum atomic E-state index is 10.5. The van der Waals surface area contributed by atoms with Gasteiger partial charge in [0, 0.05) is 6.07 Å². The summed E-state index contributed by atoms with van der Waals surface area (Å²) in [6.45, 7) is 0. The van der Waals surface area contributed by atoms with E-state index in [2.05, 4.69) is 6.07 Å². The summed E-state index contributed by atoms with van der Waals surface area (Å²) in [6.07, 6.45) is 0. The summed E-state index contributed by atoms with van der Waals surface area (Å²) in [5, 5.41) is 10.2. The van der Waals surface area contributed by atoms with Crippen molar-refractivity contribution in [1.29, 1.82) is 0 Å². The van der Waals surface area contributed by atoms with Crippen molar-refractivity contribution in [3.05, 3.63) is 34.4 Å². The second kappa shape index (κ2) is 4.85. The summed E-state index contributed by atoms with van der Waals surface area (Å²) < 4.78 is 29.6. The van der Waals surface area contributed by atoms with Crippen LogP contribution in [0.15, 0.2) is 23.1 Å². The number of nitrogens with zero attached hydrogens (tertiary/aromatic N) is 1. The summed E-state index contributed by atoms with van der Waals surface area (Å²) in [5.41, 5.74) is -0.505. The van der Waals surface area contributed by atoms with E-state index in [9.17, 15) is 18.5 Å². The van der Waals surface area contributed by atoms with Crippen molar-refractivity contribution in [2.24, 2.45) is 0 Å². The van der Waals surface area contributed by atoms with Gasteiger partial charge in [-0.2, -0.15) is 8.42 Å². The normalized spacial score (nSPS) is 10.4. The zero-order valence-electron chi connectivity index (χ0n) is 6.17. The fourth-order valence-electron chi connectivity index (χ4n) is 0.700. The molecule has 0 bridgehead atoms. The molecule has 0 unspecified atom stereocenters. The Morgan fingerprint density at radius 2 is 2.07 bits per heavy atom. The fraction of sp³-hybridized carbons (Fsp3) is 0. The molecule has 0 spiro atoms. The summed E-state index contributed by atoms with van der Waals surface area (Å²) in [7, 11) is -4.38. The van der Waals surface area contributed by atoms with Gasteiger partial charge in [0.15, 0.2) is 0 Å². The Morgan fingerprint density at radius 1 is 1.50 bits per heavy atom. The molecule has 0 aliphatic heterocycles. The van der Waals surface area contributed by atoms with Crippen LogP contribution in [0.4, 0.5) is 5.69 Å². The van der Waals surface area contributed by atoms with Crippen LogP contribution in [0.2, 0.25) is 0 Å². The summed E-state index contributed by atoms with van der Waals surface area (Å²) in [6, 6.07) is 5.01. The molecule has 0 heterocycles. The number of hydrogen-bond acceptors (Lipinski definition) is 4. The van der Waals surface area contributed by atoms with Gasteiger partial charge in [-0.15, -0.1) is 0 Å². The van der Waals surface area contributed by atoms with Crippen LogP contribution in [0, 0.1) is 16.2 Å². The zero-order valence-corrected chi connectivity index (χ0v) is 6.98. The molecule has 71 valence electrons. The number of non-ortho nitro benzene ring substituents is 1. The molecule has 1 N–H and O–H groups in total. The molecule has 0 atom stereocenters. The Hall–Kier alpha value is -0.470. The molecule has 0 saturated heterocycles. The molecule has 1 aromatic carbocycles. The van der Waals surface area contributed by atoms with Crippen molar-refractivity contribution in [2.45, 2.75) is 4.90 Å². The van der Waals surface area contributed by atoms with Gasteiger partial charge in [-0.25, -0.2) is 0 Å². The molecule has 1 aromatic rings. The summed E-state index contributed by atoms with van der Waals surface area (Å²) in [5.74, 6) is 0. The Labute approximate surface area is 102 Å². The van der Waals surface area contributed by atoms with Crippen LogP contribution in [-0.4, -0.2) is 47.5 Å². The van der Waals surface area contributed by atoms with Gasteiger partial charge in [0.1, 0.15) is 4.90 Å². The quantitative estimate of drug-likeness (QED) is 0.331. The van der Waals surface area contributed by atoms with Crippen molar-refractivity contribution in [3.8, 4) is 0 Å². The molecule has 0 amide bonds. The van der Waals surface area contributed by atoms with E-state index in [1.807, 2.05) is 0 Å². The molecule has 14 heavy (non-hydrogen) atoms. The predicted molar refractivity (Wildman–Crippen MR) is 48.9 cm³/mol. The standard InChI is InChI=1S/C6H4NO5S.Na.H/c8-7(9)5-2-1-3-6(4-5)13(10,11)12;;/h1,3-4H,(H,10,11,12);;. The SMILES string of the molecule is O=[N+]([O-])c1[c]ccc(S(=O)(=O)O)c1.[NaH]. The third-order valence-electron chi connectivity index (χ3n) is 1.25. The first kappa shape index (κ1) is 13.5. The van der Waals surface area contributed by atoms with Gasteiger partial charge in [-0.1, -0.05) is 0 Å². The molecule has 1 radical (unpaired) electrons. The molecule has 0 aromatic heterocycles. The van der Waals surface area contributed by atoms with Crippen molar-refractivity contribution in [1.82, 2.24) is 0 Å². The van der Waals surface area contributed by atoms with E-state index in [1.54, 1.807) is 0 Å². The van der Waals surface area contributed by atoms with E-state index in [0.29, 0.717) is 0 Å². The Morgan fingerprint density at radius 3 is 2.50 bits per heavy atom. The van der Waals surface area contributed by atoms with E-state index in [0.717, 1.165) is 18.2 Å². The molecular weight excluding hydrogens is 221 g/mol. The van der Waals surface area contributed by atoms with Gasteiger partial charge in [0.2, 0.25) is 0 Å². The van der Waals surface area contributed by atoms with Gasteiger partial charge in [-0.3, -0.25) is 14.7 Å². The average Bonchev–Trinajstić information content (AvgIpc) is 2.03. The van der Waals surface area contributed by atoms with Crippen molar-refractivity contribution < 1.29 is 17.9 Å². The number of rotatable bonds is 2. The zero-order chi connectivity index (χ0) is 10.1. The van der Waals surface area contributed by atoms with Gasteiger partial charge in [-0.05, 0) is 12.1 Å². The van der Waals surface area contributed by atoms with Crippen LogP contribution in [0.3, 0.4) is 0 Å². The third kappa shape index (κ3) is 3.35. The van der Waals surface area contributed by atoms with E-state index < -0.39 is 25.6 Å². The molecule has 0 fully saturated rings. The first-order valence-corrected chi connectivity index (χ1v) is 4.49. The minimum absolute atomic E-state index is 0. The molecule has 0 aliphatic rings. The van der Waals surface area contributed by atoms with Crippen molar-refractivity contribution in [2.75, 3.05) is 0 Å². The number of nitro groups is 1. The van der Waals surface area contributed by atoms with Gasteiger partial charge in [0.25, 0.3) is 15.8 Å². The van der Waals surface area contributed by atoms with Gasteiger partial charge >= 0.3 is 29.6 Å². The molecule has 1 rings (SSSR count).